The normalized spacial score (nSPS) is 27.8. The highest BCUT2D eigenvalue weighted by molar-refractivity contribution is 6.20. The van der Waals surface area contributed by atoms with Crippen LogP contribution in [0.4, 0.5) is 0 Å². The summed E-state index contributed by atoms with van der Waals surface area (Å²) in [5, 5.41) is 1.58. The second-order valence-electron chi connectivity index (χ2n) is 5.41. The average Bonchev–Trinajstić information content (AvgIpc) is 2.71. The third-order valence-corrected chi connectivity index (χ3v) is 4.87. The van der Waals surface area contributed by atoms with Crippen LogP contribution in [-0.4, -0.2) is 10.4 Å². The average molecular weight is 260 g/mol. The van der Waals surface area contributed by atoms with Gasteiger partial charge in [-0.15, -0.1) is 11.6 Å². The number of fused-ring (bicyclic) bond motifs is 1. The monoisotopic (exact) mass is 259 g/mol. The minimum Gasteiger partial charge on any atom is -0.253 e. The molecule has 1 aromatic carbocycles. The third-order valence-electron chi connectivity index (χ3n) is 4.25. The molecule has 0 N–H and O–H groups in total. The molecule has 1 heterocycles. The van der Waals surface area contributed by atoms with E-state index in [2.05, 4.69) is 37.3 Å². The minimum atomic E-state index is 0.357. The van der Waals surface area contributed by atoms with Gasteiger partial charge in [-0.25, -0.2) is 0 Å². The minimum absolute atomic E-state index is 0.357. The number of aromatic nitrogens is 1. The van der Waals surface area contributed by atoms with Crippen molar-refractivity contribution in [3.63, 3.8) is 0 Å². The Morgan fingerprint density at radius 2 is 2.00 bits per heavy atom. The molecule has 1 aliphatic carbocycles. The van der Waals surface area contributed by atoms with Crippen molar-refractivity contribution in [2.45, 2.75) is 31.6 Å². The molecular weight excluding hydrogens is 242 g/mol. The summed E-state index contributed by atoms with van der Waals surface area (Å²) in [6.07, 6.45) is 3.46. The van der Waals surface area contributed by atoms with Gasteiger partial charge >= 0.3 is 0 Å². The van der Waals surface area contributed by atoms with Crippen LogP contribution in [0.1, 0.15) is 25.5 Å². The molecule has 3 rings (SSSR count). The molecule has 0 radical (unpaired) electrons. The molecule has 1 saturated carbocycles. The topological polar surface area (TPSA) is 12.9 Å². The van der Waals surface area contributed by atoms with E-state index in [9.17, 15) is 0 Å². The molecule has 0 aliphatic heterocycles. The van der Waals surface area contributed by atoms with Crippen molar-refractivity contribution in [1.82, 2.24) is 4.98 Å². The lowest BCUT2D eigenvalue weighted by atomic mass is 9.93. The highest BCUT2D eigenvalue weighted by Gasteiger charge is 2.31. The molecule has 1 aliphatic rings. The summed E-state index contributed by atoms with van der Waals surface area (Å²) in [5.41, 5.74) is 2.30. The molecule has 1 nitrogen and oxygen atoms in total. The summed E-state index contributed by atoms with van der Waals surface area (Å²) in [7, 11) is 0. The van der Waals surface area contributed by atoms with Crippen LogP contribution in [0.25, 0.3) is 10.9 Å². The number of benzene rings is 1. The maximum absolute atomic E-state index is 6.30. The van der Waals surface area contributed by atoms with Gasteiger partial charge in [-0.2, -0.15) is 0 Å². The van der Waals surface area contributed by atoms with E-state index in [1.54, 1.807) is 0 Å². The van der Waals surface area contributed by atoms with Crippen LogP contribution in [0.15, 0.2) is 36.4 Å². The van der Waals surface area contributed by atoms with E-state index in [0.717, 1.165) is 18.4 Å². The van der Waals surface area contributed by atoms with Crippen LogP contribution in [0.3, 0.4) is 0 Å². The van der Waals surface area contributed by atoms with E-state index in [1.807, 2.05) is 6.07 Å². The quantitative estimate of drug-likeness (QED) is 0.727. The molecule has 0 bridgehead atoms. The van der Waals surface area contributed by atoms with Crippen LogP contribution < -0.4 is 0 Å². The molecule has 94 valence electrons. The largest absolute Gasteiger partial charge is 0.253 e. The maximum Gasteiger partial charge on any atom is 0.0705 e. The number of para-hydroxylation sites is 1. The Labute approximate surface area is 113 Å². The van der Waals surface area contributed by atoms with Gasteiger partial charge in [0.1, 0.15) is 0 Å². The molecule has 3 unspecified atom stereocenters. The standard InChI is InChI=1S/C16H18ClN/c1-11-13(7-9-15(11)17)10-14-8-6-12-4-2-3-5-16(12)18-14/h2-6,8,11,13,15H,7,9-10H2,1H3. The molecule has 2 aromatic rings. The van der Waals surface area contributed by atoms with Gasteiger partial charge in [-0.1, -0.05) is 31.2 Å². The summed E-state index contributed by atoms with van der Waals surface area (Å²) in [4.78, 5) is 4.76. The first-order valence-corrected chi connectivity index (χ1v) is 7.16. The number of nitrogens with zero attached hydrogens (tertiary/aromatic N) is 1. The summed E-state index contributed by atoms with van der Waals surface area (Å²) >= 11 is 6.30. The third kappa shape index (κ3) is 2.24. The number of hydrogen-bond acceptors (Lipinski definition) is 1. The van der Waals surface area contributed by atoms with Crippen LogP contribution >= 0.6 is 11.6 Å². The van der Waals surface area contributed by atoms with Gasteiger partial charge in [0.05, 0.1) is 5.52 Å². The van der Waals surface area contributed by atoms with E-state index in [0.29, 0.717) is 17.2 Å². The van der Waals surface area contributed by atoms with Gasteiger partial charge in [-0.3, -0.25) is 4.98 Å². The molecule has 1 fully saturated rings. The lowest BCUT2D eigenvalue weighted by Gasteiger charge is -2.16. The van der Waals surface area contributed by atoms with Crippen LogP contribution in [0.5, 0.6) is 0 Å². The first kappa shape index (κ1) is 12.0. The predicted octanol–water partition coefficient (Wildman–Crippen LogP) is 4.43. The van der Waals surface area contributed by atoms with Crippen molar-refractivity contribution in [2.75, 3.05) is 0 Å². The van der Waals surface area contributed by atoms with Gasteiger partial charge in [0.2, 0.25) is 0 Å². The molecule has 0 amide bonds. The van der Waals surface area contributed by atoms with Crippen LogP contribution in [-0.2, 0) is 6.42 Å². The van der Waals surface area contributed by atoms with E-state index >= 15 is 0 Å². The Hall–Kier alpha value is -1.08. The summed E-state index contributed by atoms with van der Waals surface area (Å²) < 4.78 is 0. The first-order chi connectivity index (χ1) is 8.74. The van der Waals surface area contributed by atoms with Crippen LogP contribution in [0, 0.1) is 11.8 Å². The second kappa shape index (κ2) is 4.89. The molecule has 3 atom stereocenters. The number of halogens is 1. The zero-order valence-corrected chi connectivity index (χ0v) is 11.4. The molecule has 2 heteroatoms. The molecule has 1 aromatic heterocycles. The van der Waals surface area contributed by atoms with E-state index < -0.39 is 0 Å². The molecular formula is C16H18ClN. The smallest absolute Gasteiger partial charge is 0.0705 e. The van der Waals surface area contributed by atoms with Crippen molar-refractivity contribution in [3.8, 4) is 0 Å². The van der Waals surface area contributed by atoms with Crippen molar-refractivity contribution < 1.29 is 0 Å². The Morgan fingerprint density at radius 3 is 2.78 bits per heavy atom. The number of rotatable bonds is 2. The Morgan fingerprint density at radius 1 is 1.17 bits per heavy atom. The fourth-order valence-corrected chi connectivity index (χ4v) is 3.30. The van der Waals surface area contributed by atoms with Gasteiger partial charge in [0, 0.05) is 16.5 Å². The van der Waals surface area contributed by atoms with Crippen molar-refractivity contribution in [2.24, 2.45) is 11.8 Å². The highest BCUT2D eigenvalue weighted by Crippen LogP contribution is 2.37. The predicted molar refractivity (Wildman–Crippen MR) is 77.0 cm³/mol. The second-order valence-corrected chi connectivity index (χ2v) is 5.97. The van der Waals surface area contributed by atoms with Crippen molar-refractivity contribution in [3.05, 3.63) is 42.1 Å². The van der Waals surface area contributed by atoms with Crippen LogP contribution in [0.2, 0.25) is 0 Å². The van der Waals surface area contributed by atoms with E-state index in [-0.39, 0.29) is 0 Å². The highest BCUT2D eigenvalue weighted by atomic mass is 35.5. The Bertz CT molecular complexity index is 552. The zero-order chi connectivity index (χ0) is 12.5. The lowest BCUT2D eigenvalue weighted by Crippen LogP contribution is -2.13. The fourth-order valence-electron chi connectivity index (χ4n) is 2.97. The number of pyridine rings is 1. The summed E-state index contributed by atoms with van der Waals surface area (Å²) in [6.45, 7) is 2.27. The lowest BCUT2D eigenvalue weighted by molar-refractivity contribution is 0.416. The SMILES string of the molecule is CC1C(Cl)CCC1Cc1ccc2ccccc2n1. The first-order valence-electron chi connectivity index (χ1n) is 6.73. The fraction of sp³-hybridized carbons (Fsp3) is 0.438. The van der Waals surface area contributed by atoms with Gasteiger partial charge in [0.15, 0.2) is 0 Å². The summed E-state index contributed by atoms with van der Waals surface area (Å²) in [5.74, 6) is 1.31. The maximum atomic E-state index is 6.30. The van der Waals surface area contributed by atoms with Gasteiger partial charge in [0.25, 0.3) is 0 Å². The molecule has 18 heavy (non-hydrogen) atoms. The Kier molecular flexibility index (Phi) is 3.25. The molecule has 0 spiro atoms. The number of hydrogen-bond donors (Lipinski definition) is 0. The molecule has 0 saturated heterocycles. The Balaban J connectivity index is 1.82. The number of alkyl halides is 1. The van der Waals surface area contributed by atoms with Crippen molar-refractivity contribution >= 4 is 22.5 Å². The van der Waals surface area contributed by atoms with Crippen molar-refractivity contribution in [1.29, 1.82) is 0 Å². The van der Waals surface area contributed by atoms with E-state index in [4.69, 9.17) is 16.6 Å². The zero-order valence-electron chi connectivity index (χ0n) is 10.6. The van der Waals surface area contributed by atoms with Gasteiger partial charge < -0.3 is 0 Å². The van der Waals surface area contributed by atoms with Gasteiger partial charge in [-0.05, 0) is 43.2 Å². The summed E-state index contributed by atoms with van der Waals surface area (Å²) in [6, 6.07) is 12.6. The van der Waals surface area contributed by atoms with E-state index in [1.165, 1.54) is 17.5 Å².